The summed E-state index contributed by atoms with van der Waals surface area (Å²) in [5, 5.41) is 0. The first-order valence-corrected chi connectivity index (χ1v) is 12.1. The number of rotatable bonds is 21. The lowest BCUT2D eigenvalue weighted by molar-refractivity contribution is -0.140. The van der Waals surface area contributed by atoms with E-state index in [4.69, 9.17) is 18.9 Å². The van der Waals surface area contributed by atoms with E-state index in [0.29, 0.717) is 25.0 Å². The minimum Gasteiger partial charge on any atom is -0.463 e. The first kappa shape index (κ1) is 29.6. The lowest BCUT2D eigenvalue weighted by atomic mass is 9.94. The molecule has 0 saturated heterocycles. The summed E-state index contributed by atoms with van der Waals surface area (Å²) in [7, 11) is 3.43. The van der Waals surface area contributed by atoms with Crippen LogP contribution in [0.1, 0.15) is 84.5 Å². The smallest absolute Gasteiger partial charge is 0.331 e. The predicted molar refractivity (Wildman–Crippen MR) is 124 cm³/mol. The largest absolute Gasteiger partial charge is 0.463 e. The van der Waals surface area contributed by atoms with Gasteiger partial charge in [-0.2, -0.15) is 0 Å². The van der Waals surface area contributed by atoms with E-state index >= 15 is 0 Å². The zero-order valence-corrected chi connectivity index (χ0v) is 20.4. The minimum atomic E-state index is -0.503. The quantitative estimate of drug-likeness (QED) is 0.133. The first-order chi connectivity index (χ1) is 15.1. The van der Waals surface area contributed by atoms with Gasteiger partial charge < -0.3 is 18.9 Å². The SMILES string of the molecule is CCCCC(CCCOC(=O)/C=C/C(=O)OCCC(CCCC)CCOC)CCOC. The summed E-state index contributed by atoms with van der Waals surface area (Å²) in [6, 6.07) is 0. The molecular weight excluding hydrogens is 396 g/mol. The summed E-state index contributed by atoms with van der Waals surface area (Å²) < 4.78 is 20.8. The number of methoxy groups -OCH3 is 2. The van der Waals surface area contributed by atoms with Crippen LogP contribution in [0.15, 0.2) is 12.2 Å². The molecule has 0 N–H and O–H groups in total. The molecule has 0 rings (SSSR count). The lowest BCUT2D eigenvalue weighted by Crippen LogP contribution is -2.11. The Morgan fingerprint density at radius 2 is 1.03 bits per heavy atom. The normalized spacial score (nSPS) is 13.3. The standard InChI is InChI=1S/C25H46O6/c1-5-7-10-22(15-19-28-3)12-9-18-30-24(26)13-14-25(27)31-21-17-23(11-8-6-2)16-20-29-4/h13-14,22-23H,5-12,15-21H2,1-4H3/b14-13+. The van der Waals surface area contributed by atoms with Crippen molar-refractivity contribution >= 4 is 11.9 Å². The van der Waals surface area contributed by atoms with Crippen LogP contribution in [0.2, 0.25) is 0 Å². The van der Waals surface area contributed by atoms with Crippen molar-refractivity contribution in [3.63, 3.8) is 0 Å². The highest BCUT2D eigenvalue weighted by atomic mass is 16.5. The molecule has 0 fully saturated rings. The van der Waals surface area contributed by atoms with Crippen LogP contribution in [0, 0.1) is 11.8 Å². The molecule has 0 aromatic rings. The van der Waals surface area contributed by atoms with Crippen molar-refractivity contribution in [3.8, 4) is 0 Å². The molecule has 0 aromatic carbocycles. The molecule has 6 heteroatoms. The average molecular weight is 443 g/mol. The molecule has 2 unspecified atom stereocenters. The summed E-state index contributed by atoms with van der Waals surface area (Å²) in [5.74, 6) is 0.0952. The molecule has 6 nitrogen and oxygen atoms in total. The highest BCUT2D eigenvalue weighted by molar-refractivity contribution is 5.91. The van der Waals surface area contributed by atoms with Gasteiger partial charge in [0.25, 0.3) is 0 Å². The third-order valence-corrected chi connectivity index (χ3v) is 5.52. The highest BCUT2D eigenvalue weighted by Gasteiger charge is 2.11. The van der Waals surface area contributed by atoms with Crippen LogP contribution in [-0.2, 0) is 28.5 Å². The number of carbonyl (C=O) groups is 2. The van der Waals surface area contributed by atoms with Crippen LogP contribution < -0.4 is 0 Å². The number of unbranched alkanes of at least 4 members (excludes halogenated alkanes) is 2. The van der Waals surface area contributed by atoms with E-state index < -0.39 is 11.9 Å². The maximum Gasteiger partial charge on any atom is 0.331 e. The lowest BCUT2D eigenvalue weighted by Gasteiger charge is -2.16. The van der Waals surface area contributed by atoms with Crippen molar-refractivity contribution in [2.75, 3.05) is 40.6 Å². The van der Waals surface area contributed by atoms with Crippen LogP contribution in [0.4, 0.5) is 0 Å². The van der Waals surface area contributed by atoms with Gasteiger partial charge in [0.15, 0.2) is 0 Å². The Morgan fingerprint density at radius 1 is 0.613 bits per heavy atom. The number of ether oxygens (including phenoxy) is 4. The van der Waals surface area contributed by atoms with Crippen LogP contribution in [0.5, 0.6) is 0 Å². The third kappa shape index (κ3) is 19.0. The van der Waals surface area contributed by atoms with Gasteiger partial charge in [0.1, 0.15) is 0 Å². The van der Waals surface area contributed by atoms with Gasteiger partial charge in [-0.3, -0.25) is 0 Å². The number of esters is 2. The molecule has 0 spiro atoms. The fourth-order valence-electron chi connectivity index (χ4n) is 3.52. The predicted octanol–water partition coefficient (Wildman–Crippen LogP) is 5.49. The Labute approximate surface area is 190 Å². The number of carbonyl (C=O) groups excluding carboxylic acids is 2. The Hall–Kier alpha value is -1.40. The van der Waals surface area contributed by atoms with Gasteiger partial charge in [0, 0.05) is 39.6 Å². The molecule has 0 aliphatic heterocycles. The number of hydrogen-bond donors (Lipinski definition) is 0. The van der Waals surface area contributed by atoms with E-state index in [1.165, 1.54) is 25.7 Å². The van der Waals surface area contributed by atoms with Gasteiger partial charge >= 0.3 is 11.9 Å². The zero-order chi connectivity index (χ0) is 23.2. The second-order valence-corrected chi connectivity index (χ2v) is 8.18. The molecule has 2 atom stereocenters. The second-order valence-electron chi connectivity index (χ2n) is 8.18. The molecule has 0 aromatic heterocycles. The van der Waals surface area contributed by atoms with Crippen molar-refractivity contribution in [2.24, 2.45) is 11.8 Å². The van der Waals surface area contributed by atoms with E-state index in [9.17, 15) is 9.59 Å². The van der Waals surface area contributed by atoms with E-state index in [1.54, 1.807) is 14.2 Å². The fraction of sp³-hybridized carbons (Fsp3) is 0.840. The van der Waals surface area contributed by atoms with Gasteiger partial charge in [0.05, 0.1) is 13.2 Å². The summed E-state index contributed by atoms with van der Waals surface area (Å²) in [5.41, 5.74) is 0. The van der Waals surface area contributed by atoms with Gasteiger partial charge in [0.2, 0.25) is 0 Å². The molecule has 182 valence electrons. The second kappa shape index (κ2) is 21.8. The van der Waals surface area contributed by atoms with Crippen molar-refractivity contribution in [1.82, 2.24) is 0 Å². The topological polar surface area (TPSA) is 71.1 Å². The molecule has 0 aliphatic carbocycles. The maximum absolute atomic E-state index is 11.8. The van der Waals surface area contributed by atoms with E-state index in [2.05, 4.69) is 13.8 Å². The van der Waals surface area contributed by atoms with Gasteiger partial charge in [-0.05, 0) is 43.9 Å². The van der Waals surface area contributed by atoms with Crippen molar-refractivity contribution in [1.29, 1.82) is 0 Å². The minimum absolute atomic E-state index is 0.358. The zero-order valence-electron chi connectivity index (χ0n) is 20.4. The molecule has 0 aliphatic rings. The van der Waals surface area contributed by atoms with Gasteiger partial charge in [-0.25, -0.2) is 9.59 Å². The van der Waals surface area contributed by atoms with Crippen LogP contribution in [-0.4, -0.2) is 52.6 Å². The highest BCUT2D eigenvalue weighted by Crippen LogP contribution is 2.19. The van der Waals surface area contributed by atoms with Gasteiger partial charge in [-0.15, -0.1) is 0 Å². The Bertz CT molecular complexity index is 447. The van der Waals surface area contributed by atoms with Crippen LogP contribution in [0.3, 0.4) is 0 Å². The molecule has 31 heavy (non-hydrogen) atoms. The van der Waals surface area contributed by atoms with E-state index in [0.717, 1.165) is 70.3 Å². The monoisotopic (exact) mass is 442 g/mol. The average Bonchev–Trinajstić information content (AvgIpc) is 2.77. The van der Waals surface area contributed by atoms with Gasteiger partial charge in [-0.1, -0.05) is 52.4 Å². The van der Waals surface area contributed by atoms with Crippen molar-refractivity contribution in [3.05, 3.63) is 12.2 Å². The molecule has 0 saturated carbocycles. The third-order valence-electron chi connectivity index (χ3n) is 5.52. The summed E-state index contributed by atoms with van der Waals surface area (Å²) in [4.78, 5) is 23.6. The first-order valence-electron chi connectivity index (χ1n) is 12.1. The summed E-state index contributed by atoms with van der Waals surface area (Å²) in [6.07, 6.45) is 14.0. The molecular formula is C25H46O6. The summed E-state index contributed by atoms with van der Waals surface area (Å²) in [6.45, 7) is 6.58. The Morgan fingerprint density at radius 3 is 1.52 bits per heavy atom. The fourth-order valence-corrected chi connectivity index (χ4v) is 3.52. The van der Waals surface area contributed by atoms with Crippen molar-refractivity contribution < 1.29 is 28.5 Å². The Kier molecular flexibility index (Phi) is 20.8. The summed E-state index contributed by atoms with van der Waals surface area (Å²) >= 11 is 0. The van der Waals surface area contributed by atoms with Crippen molar-refractivity contribution in [2.45, 2.75) is 84.5 Å². The van der Waals surface area contributed by atoms with E-state index in [-0.39, 0.29) is 0 Å². The molecule has 0 bridgehead atoms. The van der Waals surface area contributed by atoms with E-state index in [1.807, 2.05) is 0 Å². The van der Waals surface area contributed by atoms with Crippen LogP contribution in [0.25, 0.3) is 0 Å². The van der Waals surface area contributed by atoms with Crippen LogP contribution >= 0.6 is 0 Å². The maximum atomic E-state index is 11.8. The number of hydrogen-bond acceptors (Lipinski definition) is 6. The molecule has 0 amide bonds. The molecule has 0 heterocycles. The molecule has 0 radical (unpaired) electrons. The Balaban J connectivity index is 4.04.